The van der Waals surface area contributed by atoms with Crippen LogP contribution in [-0.2, 0) is 4.79 Å². The Kier molecular flexibility index (Phi) is 9.23. The van der Waals surface area contributed by atoms with E-state index in [9.17, 15) is 9.90 Å². The SMILES string of the molecule is CCCCCCC(=O)N(c1ccccc1)c1ccc(-n2nc3ccc(SCCC(C)C)cc3n2)c(O)c1. The predicted molar refractivity (Wildman–Crippen MR) is 153 cm³/mol. The number of phenols is 1. The molecule has 0 aliphatic heterocycles. The molecule has 0 saturated carbocycles. The molecular formula is C30H36N4O2S. The van der Waals surface area contributed by atoms with E-state index in [0.717, 1.165) is 59.5 Å². The number of phenolic OH excluding ortho intramolecular Hbond substituents is 1. The quantitative estimate of drug-likeness (QED) is 0.153. The van der Waals surface area contributed by atoms with Gasteiger partial charge in [0.2, 0.25) is 5.91 Å². The fourth-order valence-corrected chi connectivity index (χ4v) is 5.34. The van der Waals surface area contributed by atoms with Crippen LogP contribution in [0.5, 0.6) is 5.75 Å². The van der Waals surface area contributed by atoms with Crippen molar-refractivity contribution >= 4 is 40.1 Å². The Labute approximate surface area is 223 Å². The van der Waals surface area contributed by atoms with E-state index in [-0.39, 0.29) is 11.7 Å². The van der Waals surface area contributed by atoms with Crippen molar-refractivity contribution in [1.29, 1.82) is 0 Å². The fourth-order valence-electron chi connectivity index (χ4n) is 4.15. The first-order valence-corrected chi connectivity index (χ1v) is 14.2. The van der Waals surface area contributed by atoms with Crippen LogP contribution >= 0.6 is 11.8 Å². The second-order valence-electron chi connectivity index (χ2n) is 9.72. The van der Waals surface area contributed by atoms with Gasteiger partial charge in [0, 0.05) is 23.1 Å². The van der Waals surface area contributed by atoms with Crippen molar-refractivity contribution < 1.29 is 9.90 Å². The Morgan fingerprint density at radius 1 is 0.946 bits per heavy atom. The Morgan fingerprint density at radius 3 is 2.46 bits per heavy atom. The first kappa shape index (κ1) is 26.7. The Hall–Kier alpha value is -3.32. The van der Waals surface area contributed by atoms with Crippen molar-refractivity contribution in [3.8, 4) is 11.4 Å². The number of hydrogen-bond acceptors (Lipinski definition) is 5. The molecule has 1 heterocycles. The zero-order valence-corrected chi connectivity index (χ0v) is 22.7. The molecule has 0 spiro atoms. The number of anilines is 2. The molecule has 194 valence electrons. The van der Waals surface area contributed by atoms with Gasteiger partial charge in [-0.15, -0.1) is 26.8 Å². The van der Waals surface area contributed by atoms with Crippen LogP contribution < -0.4 is 4.90 Å². The minimum Gasteiger partial charge on any atom is -0.506 e. The predicted octanol–water partition coefficient (Wildman–Crippen LogP) is 7.90. The molecule has 1 amide bonds. The molecule has 0 atom stereocenters. The summed E-state index contributed by atoms with van der Waals surface area (Å²) < 4.78 is 0. The van der Waals surface area contributed by atoms with Gasteiger partial charge >= 0.3 is 0 Å². The van der Waals surface area contributed by atoms with Gasteiger partial charge in [0.25, 0.3) is 0 Å². The molecule has 0 bridgehead atoms. The van der Waals surface area contributed by atoms with Crippen LogP contribution in [0.15, 0.2) is 71.6 Å². The first-order valence-electron chi connectivity index (χ1n) is 13.2. The number of aromatic nitrogens is 3. The molecule has 0 radical (unpaired) electrons. The third kappa shape index (κ3) is 6.92. The lowest BCUT2D eigenvalue weighted by molar-refractivity contribution is -0.118. The van der Waals surface area contributed by atoms with E-state index >= 15 is 0 Å². The minimum absolute atomic E-state index is 0.0138. The molecule has 37 heavy (non-hydrogen) atoms. The van der Waals surface area contributed by atoms with E-state index in [1.165, 1.54) is 4.80 Å². The van der Waals surface area contributed by atoms with Crippen molar-refractivity contribution in [2.45, 2.75) is 64.2 Å². The number of unbranched alkanes of at least 4 members (excludes halogenated alkanes) is 3. The van der Waals surface area contributed by atoms with Crippen molar-refractivity contribution in [2.24, 2.45) is 5.92 Å². The highest BCUT2D eigenvalue weighted by Crippen LogP contribution is 2.33. The van der Waals surface area contributed by atoms with Crippen molar-refractivity contribution in [1.82, 2.24) is 15.0 Å². The highest BCUT2D eigenvalue weighted by molar-refractivity contribution is 7.99. The summed E-state index contributed by atoms with van der Waals surface area (Å²) in [5, 5.41) is 20.2. The number of hydrogen-bond donors (Lipinski definition) is 1. The van der Waals surface area contributed by atoms with Gasteiger partial charge in [0.15, 0.2) is 0 Å². The monoisotopic (exact) mass is 516 g/mol. The molecule has 0 fully saturated rings. The topological polar surface area (TPSA) is 71.2 Å². The standard InChI is InChI=1S/C30H36N4O2S/c1-4-5-6-10-13-30(36)33(23-11-8-7-9-12-23)24-14-17-28(29(35)20-24)34-31-26-16-15-25(21-27(26)32-34)37-19-18-22(2)3/h7-9,11-12,14-17,20-22,35H,4-6,10,13,18-19H2,1-3H3. The molecule has 1 aromatic heterocycles. The van der Waals surface area contributed by atoms with Crippen LogP contribution in [0.2, 0.25) is 0 Å². The van der Waals surface area contributed by atoms with E-state index in [1.807, 2.05) is 60.3 Å². The number of nitrogens with zero attached hydrogens (tertiary/aromatic N) is 4. The Bertz CT molecular complexity index is 1320. The Balaban J connectivity index is 1.58. The molecule has 7 heteroatoms. The van der Waals surface area contributed by atoms with Gasteiger partial charge in [0.05, 0.1) is 5.69 Å². The van der Waals surface area contributed by atoms with Gasteiger partial charge in [0.1, 0.15) is 22.5 Å². The molecule has 0 unspecified atom stereocenters. The van der Waals surface area contributed by atoms with Crippen molar-refractivity contribution in [3.05, 3.63) is 66.7 Å². The zero-order chi connectivity index (χ0) is 26.2. The Morgan fingerprint density at radius 2 is 1.73 bits per heavy atom. The molecule has 6 nitrogen and oxygen atoms in total. The maximum absolute atomic E-state index is 13.2. The number of thioether (sulfide) groups is 1. The second-order valence-corrected chi connectivity index (χ2v) is 10.9. The third-order valence-electron chi connectivity index (χ3n) is 6.26. The highest BCUT2D eigenvalue weighted by Gasteiger charge is 2.20. The van der Waals surface area contributed by atoms with E-state index < -0.39 is 0 Å². The molecule has 0 aliphatic rings. The van der Waals surface area contributed by atoms with Gasteiger partial charge in [-0.1, -0.05) is 58.2 Å². The van der Waals surface area contributed by atoms with Gasteiger partial charge in [-0.25, -0.2) is 0 Å². The lowest BCUT2D eigenvalue weighted by atomic mass is 10.1. The van der Waals surface area contributed by atoms with Gasteiger partial charge in [-0.3, -0.25) is 9.69 Å². The van der Waals surface area contributed by atoms with Gasteiger partial charge in [-0.05, 0) is 67.0 Å². The molecule has 0 saturated heterocycles. The number of benzene rings is 3. The van der Waals surface area contributed by atoms with Crippen molar-refractivity contribution in [2.75, 3.05) is 10.7 Å². The lowest BCUT2D eigenvalue weighted by Crippen LogP contribution is -2.25. The summed E-state index contributed by atoms with van der Waals surface area (Å²) in [6.07, 6.45) is 5.75. The molecule has 4 rings (SSSR count). The number of amides is 1. The summed E-state index contributed by atoms with van der Waals surface area (Å²) >= 11 is 1.82. The van der Waals surface area contributed by atoms with Crippen LogP contribution in [0, 0.1) is 5.92 Å². The van der Waals surface area contributed by atoms with Crippen LogP contribution in [0.4, 0.5) is 11.4 Å². The van der Waals surface area contributed by atoms with E-state index in [1.54, 1.807) is 17.0 Å². The summed E-state index contributed by atoms with van der Waals surface area (Å²) in [7, 11) is 0. The molecule has 3 aromatic carbocycles. The first-order chi connectivity index (χ1) is 18.0. The van der Waals surface area contributed by atoms with Crippen LogP contribution in [0.25, 0.3) is 16.7 Å². The third-order valence-corrected chi connectivity index (χ3v) is 7.28. The van der Waals surface area contributed by atoms with Crippen LogP contribution in [-0.4, -0.2) is 31.8 Å². The highest BCUT2D eigenvalue weighted by atomic mass is 32.2. The van der Waals surface area contributed by atoms with E-state index in [4.69, 9.17) is 0 Å². The largest absolute Gasteiger partial charge is 0.506 e. The number of fused-ring (bicyclic) bond motifs is 1. The van der Waals surface area contributed by atoms with E-state index in [2.05, 4.69) is 37.0 Å². The summed E-state index contributed by atoms with van der Waals surface area (Å²) in [5.74, 6) is 1.77. The molecular weight excluding hydrogens is 480 g/mol. The maximum atomic E-state index is 13.2. The number of aromatic hydroxyl groups is 1. The molecule has 1 N–H and O–H groups in total. The fraction of sp³-hybridized carbons (Fsp3) is 0.367. The van der Waals surface area contributed by atoms with Crippen LogP contribution in [0.1, 0.15) is 59.3 Å². The summed E-state index contributed by atoms with van der Waals surface area (Å²) in [4.78, 5) is 17.6. The smallest absolute Gasteiger partial charge is 0.231 e. The number of carbonyl (C=O) groups is 1. The number of para-hydroxylation sites is 1. The van der Waals surface area contributed by atoms with Gasteiger partial charge < -0.3 is 5.11 Å². The number of rotatable bonds is 12. The average Bonchev–Trinajstić information content (AvgIpc) is 3.30. The minimum atomic E-state index is 0.0138. The average molecular weight is 517 g/mol. The second kappa shape index (κ2) is 12.8. The lowest BCUT2D eigenvalue weighted by Gasteiger charge is -2.23. The maximum Gasteiger partial charge on any atom is 0.231 e. The van der Waals surface area contributed by atoms with Crippen molar-refractivity contribution in [3.63, 3.8) is 0 Å². The van der Waals surface area contributed by atoms with Crippen LogP contribution in [0.3, 0.4) is 0 Å². The van der Waals surface area contributed by atoms with Gasteiger partial charge in [-0.2, -0.15) is 0 Å². The van der Waals surface area contributed by atoms with E-state index in [0.29, 0.717) is 23.7 Å². The summed E-state index contributed by atoms with van der Waals surface area (Å²) in [5.41, 5.74) is 3.42. The molecule has 4 aromatic rings. The zero-order valence-electron chi connectivity index (χ0n) is 21.9. The summed E-state index contributed by atoms with van der Waals surface area (Å²) in [6, 6.07) is 20.9. The number of carbonyl (C=O) groups excluding carboxylic acids is 1. The normalized spacial score (nSPS) is 11.4. The summed E-state index contributed by atoms with van der Waals surface area (Å²) in [6.45, 7) is 6.62. The molecule has 0 aliphatic carbocycles.